The first kappa shape index (κ1) is 23.0. The fourth-order valence-corrected chi connectivity index (χ4v) is 6.45. The largest absolute Gasteiger partial charge is 0.450 e. The van der Waals surface area contributed by atoms with Gasteiger partial charge in [0, 0.05) is 60.8 Å². The quantitative estimate of drug-likeness (QED) is 0.411. The predicted molar refractivity (Wildman–Crippen MR) is 143 cm³/mol. The van der Waals surface area contributed by atoms with E-state index in [1.54, 1.807) is 22.7 Å². The third-order valence-corrected chi connectivity index (χ3v) is 8.33. The molecule has 4 heterocycles. The molecule has 0 spiro atoms. The minimum absolute atomic E-state index is 0.0161. The van der Waals surface area contributed by atoms with Crippen molar-refractivity contribution in [1.29, 1.82) is 0 Å². The van der Waals surface area contributed by atoms with Gasteiger partial charge < -0.3 is 9.64 Å². The van der Waals surface area contributed by atoms with Crippen molar-refractivity contribution in [3.8, 4) is 0 Å². The van der Waals surface area contributed by atoms with Crippen LogP contribution in [0.1, 0.15) is 17.4 Å². The first-order valence-electron chi connectivity index (χ1n) is 12.5. The summed E-state index contributed by atoms with van der Waals surface area (Å²) in [5, 5.41) is 3.22. The Balaban J connectivity index is 1.12. The van der Waals surface area contributed by atoms with Crippen molar-refractivity contribution in [2.75, 3.05) is 44.2 Å². The molecule has 4 aromatic rings. The Morgan fingerprint density at radius 2 is 1.83 bits per heavy atom. The van der Waals surface area contributed by atoms with Crippen molar-refractivity contribution in [3.63, 3.8) is 0 Å². The highest BCUT2D eigenvalue weighted by atomic mass is 32.1. The van der Waals surface area contributed by atoms with Gasteiger partial charge in [0.1, 0.15) is 4.83 Å². The molecular weight excluding hydrogens is 474 g/mol. The summed E-state index contributed by atoms with van der Waals surface area (Å²) in [5.74, 6) is 0. The summed E-state index contributed by atoms with van der Waals surface area (Å²) < 4.78 is 6.86. The molecule has 6 rings (SSSR count). The lowest BCUT2D eigenvalue weighted by Gasteiger charge is -2.36. The maximum Gasteiger partial charge on any atom is 0.410 e. The number of hydrogen-bond acceptors (Lipinski definition) is 7. The number of amides is 1. The average Bonchev–Trinajstić information content (AvgIpc) is 3.47. The maximum absolute atomic E-state index is 13.4. The summed E-state index contributed by atoms with van der Waals surface area (Å²) in [6.07, 6.45) is 1.34. The van der Waals surface area contributed by atoms with Crippen molar-refractivity contribution < 1.29 is 9.53 Å². The van der Waals surface area contributed by atoms with E-state index in [0.29, 0.717) is 31.6 Å². The van der Waals surface area contributed by atoms with Crippen LogP contribution in [0.5, 0.6) is 0 Å². The molecule has 8 nitrogen and oxygen atoms in total. The number of ether oxygens (including phenoxy) is 1. The molecule has 2 aromatic carbocycles. The molecule has 1 amide bonds. The minimum Gasteiger partial charge on any atom is -0.450 e. The molecule has 0 bridgehead atoms. The molecule has 2 aliphatic heterocycles. The molecule has 1 saturated heterocycles. The number of piperazine rings is 1. The van der Waals surface area contributed by atoms with Gasteiger partial charge in [0.2, 0.25) is 0 Å². The normalized spacial score (nSPS) is 16.1. The number of hydrogen-bond donors (Lipinski definition) is 0. The number of nitrogens with zero attached hydrogens (tertiary/aromatic N) is 5. The van der Waals surface area contributed by atoms with Crippen LogP contribution in [0.2, 0.25) is 0 Å². The Bertz CT molecular complexity index is 1480. The van der Waals surface area contributed by atoms with Gasteiger partial charge in [-0.2, -0.15) is 0 Å². The molecule has 0 unspecified atom stereocenters. The summed E-state index contributed by atoms with van der Waals surface area (Å²) in [4.78, 5) is 38.4. The maximum atomic E-state index is 13.4. The van der Waals surface area contributed by atoms with Gasteiger partial charge in [0.05, 0.1) is 31.4 Å². The van der Waals surface area contributed by atoms with E-state index in [1.165, 1.54) is 27.8 Å². The van der Waals surface area contributed by atoms with E-state index in [4.69, 9.17) is 4.74 Å². The second-order valence-electron chi connectivity index (χ2n) is 9.31. The van der Waals surface area contributed by atoms with E-state index < -0.39 is 0 Å². The molecule has 186 valence electrons. The van der Waals surface area contributed by atoms with E-state index in [0.717, 1.165) is 48.0 Å². The van der Waals surface area contributed by atoms with Gasteiger partial charge >= 0.3 is 6.09 Å². The highest BCUT2D eigenvalue weighted by Crippen LogP contribution is 2.35. The molecule has 2 aliphatic rings. The first-order valence-corrected chi connectivity index (χ1v) is 13.3. The highest BCUT2D eigenvalue weighted by molar-refractivity contribution is 7.18. The van der Waals surface area contributed by atoms with Crippen molar-refractivity contribution in [3.05, 3.63) is 69.6 Å². The molecule has 9 heteroatoms. The van der Waals surface area contributed by atoms with Crippen LogP contribution in [-0.2, 0) is 24.4 Å². The Kier molecular flexibility index (Phi) is 6.10. The standard InChI is InChI=1S/C27H29N5O3S/c1-2-35-27(34)32-16-21-23(17-32)36-25-24(21)26(33)31(18-28-25)15-12-29-10-13-30(14-11-29)22-9-5-7-19-6-3-4-8-20(19)22/h3-9,18H,2,10-17H2,1H3. The second kappa shape index (κ2) is 9.55. The number of carbonyl (C=O) groups excluding carboxylic acids is 1. The lowest BCUT2D eigenvalue weighted by atomic mass is 10.1. The molecule has 0 atom stereocenters. The van der Waals surface area contributed by atoms with Crippen LogP contribution in [0, 0.1) is 0 Å². The van der Waals surface area contributed by atoms with Gasteiger partial charge in [0.15, 0.2) is 0 Å². The number of thiophene rings is 1. The average molecular weight is 504 g/mol. The lowest BCUT2D eigenvalue weighted by molar-refractivity contribution is 0.107. The van der Waals surface area contributed by atoms with Crippen molar-refractivity contribution in [2.45, 2.75) is 26.6 Å². The van der Waals surface area contributed by atoms with Gasteiger partial charge in [0.25, 0.3) is 5.56 Å². The molecule has 1 fully saturated rings. The molecule has 0 aliphatic carbocycles. The van der Waals surface area contributed by atoms with Crippen LogP contribution in [0.3, 0.4) is 0 Å². The molecule has 0 saturated carbocycles. The monoisotopic (exact) mass is 503 g/mol. The van der Waals surface area contributed by atoms with Gasteiger partial charge in [-0.3, -0.25) is 19.2 Å². The number of carbonyl (C=O) groups is 1. The zero-order valence-electron chi connectivity index (χ0n) is 20.4. The predicted octanol–water partition coefficient (Wildman–Crippen LogP) is 3.91. The number of aromatic nitrogens is 2. The molecule has 0 radical (unpaired) electrons. The van der Waals surface area contributed by atoms with E-state index >= 15 is 0 Å². The van der Waals surface area contributed by atoms with E-state index in [-0.39, 0.29) is 11.7 Å². The Morgan fingerprint density at radius 3 is 2.67 bits per heavy atom. The summed E-state index contributed by atoms with van der Waals surface area (Å²) in [6.45, 7) is 8.26. The summed E-state index contributed by atoms with van der Waals surface area (Å²) in [5.41, 5.74) is 2.21. The smallest absolute Gasteiger partial charge is 0.410 e. The van der Waals surface area contributed by atoms with E-state index in [2.05, 4.69) is 57.2 Å². The summed E-state index contributed by atoms with van der Waals surface area (Å²) in [6, 6.07) is 15.0. The number of anilines is 1. The zero-order valence-corrected chi connectivity index (χ0v) is 21.2. The van der Waals surface area contributed by atoms with Crippen molar-refractivity contribution in [1.82, 2.24) is 19.4 Å². The Morgan fingerprint density at radius 1 is 1.03 bits per heavy atom. The second-order valence-corrected chi connectivity index (χ2v) is 10.4. The molecule has 0 N–H and O–H groups in total. The number of benzene rings is 2. The van der Waals surface area contributed by atoms with Crippen LogP contribution in [0.4, 0.5) is 10.5 Å². The fourth-order valence-electron chi connectivity index (χ4n) is 5.29. The summed E-state index contributed by atoms with van der Waals surface area (Å²) >= 11 is 1.50. The van der Waals surface area contributed by atoms with Crippen molar-refractivity contribution in [2.24, 2.45) is 0 Å². The Hall–Kier alpha value is -3.43. The topological polar surface area (TPSA) is 70.9 Å². The number of fused-ring (bicyclic) bond motifs is 4. The molecule has 2 aromatic heterocycles. The lowest BCUT2D eigenvalue weighted by Crippen LogP contribution is -2.47. The van der Waals surface area contributed by atoms with Crippen LogP contribution < -0.4 is 10.5 Å². The molecule has 36 heavy (non-hydrogen) atoms. The zero-order chi connectivity index (χ0) is 24.6. The van der Waals surface area contributed by atoms with Crippen molar-refractivity contribution >= 4 is 44.1 Å². The number of rotatable bonds is 5. The van der Waals surface area contributed by atoms with Gasteiger partial charge in [-0.05, 0) is 18.4 Å². The van der Waals surface area contributed by atoms with E-state index in [1.807, 2.05) is 0 Å². The van der Waals surface area contributed by atoms with Crippen LogP contribution in [0.25, 0.3) is 21.0 Å². The van der Waals surface area contributed by atoms with Crippen LogP contribution in [0.15, 0.2) is 53.6 Å². The van der Waals surface area contributed by atoms with Gasteiger partial charge in [-0.25, -0.2) is 9.78 Å². The minimum atomic E-state index is -0.332. The first-order chi connectivity index (χ1) is 17.6. The summed E-state index contributed by atoms with van der Waals surface area (Å²) in [7, 11) is 0. The highest BCUT2D eigenvalue weighted by Gasteiger charge is 2.30. The SMILES string of the molecule is CCOC(=O)N1Cc2sc3ncn(CCN4CCN(c5cccc6ccccc56)CC4)c(=O)c3c2C1. The van der Waals surface area contributed by atoms with Gasteiger partial charge in [-0.15, -0.1) is 11.3 Å². The third-order valence-electron chi connectivity index (χ3n) is 7.21. The van der Waals surface area contributed by atoms with Crippen LogP contribution in [-0.4, -0.2) is 64.8 Å². The van der Waals surface area contributed by atoms with Crippen LogP contribution >= 0.6 is 11.3 Å². The van der Waals surface area contributed by atoms with E-state index in [9.17, 15) is 9.59 Å². The third kappa shape index (κ3) is 4.12. The molecular formula is C27H29N5O3S. The van der Waals surface area contributed by atoms with Gasteiger partial charge in [-0.1, -0.05) is 36.4 Å². The Labute approximate surface area is 213 Å². The fraction of sp³-hybridized carbons (Fsp3) is 0.370.